The molecule has 7 heteroatoms. The van der Waals surface area contributed by atoms with Crippen molar-refractivity contribution in [3.8, 4) is 5.69 Å². The van der Waals surface area contributed by atoms with Crippen LogP contribution >= 0.6 is 11.6 Å². The summed E-state index contributed by atoms with van der Waals surface area (Å²) in [6.45, 7) is 9.24. The first-order valence-electron chi connectivity index (χ1n) is 10.1. The van der Waals surface area contributed by atoms with Crippen LogP contribution in [0.2, 0.25) is 5.02 Å². The standard InChI is InChI=1S/C22H28ClN3O3/c1-5-29-22(28)17-8-10-25(11-9-17)21(27)13-19-15(3)24-26(16(19)4)18-7-6-14(2)20(23)12-18/h6-7,12,17H,5,8-11,13H2,1-4H3. The molecule has 0 atom stereocenters. The highest BCUT2D eigenvalue weighted by Gasteiger charge is 2.29. The summed E-state index contributed by atoms with van der Waals surface area (Å²) < 4.78 is 6.95. The molecule has 3 rings (SSSR count). The molecule has 29 heavy (non-hydrogen) atoms. The number of aromatic nitrogens is 2. The fraction of sp³-hybridized carbons (Fsp3) is 0.500. The Kier molecular flexibility index (Phi) is 6.63. The summed E-state index contributed by atoms with van der Waals surface area (Å²) in [6, 6.07) is 5.83. The van der Waals surface area contributed by atoms with Crippen molar-refractivity contribution < 1.29 is 14.3 Å². The zero-order chi connectivity index (χ0) is 21.1. The van der Waals surface area contributed by atoms with Crippen molar-refractivity contribution in [1.29, 1.82) is 0 Å². The average Bonchev–Trinajstić information content (AvgIpc) is 2.98. The summed E-state index contributed by atoms with van der Waals surface area (Å²) in [5.74, 6) is -0.180. The third-order valence-electron chi connectivity index (χ3n) is 5.64. The number of likely N-dealkylation sites (tertiary alicyclic amines) is 1. The lowest BCUT2D eigenvalue weighted by Crippen LogP contribution is -2.41. The van der Waals surface area contributed by atoms with Crippen molar-refractivity contribution in [2.24, 2.45) is 5.92 Å². The zero-order valence-corrected chi connectivity index (χ0v) is 18.3. The smallest absolute Gasteiger partial charge is 0.309 e. The molecule has 2 aromatic rings. The summed E-state index contributed by atoms with van der Waals surface area (Å²) >= 11 is 6.27. The van der Waals surface area contributed by atoms with Gasteiger partial charge in [0.05, 0.1) is 30.3 Å². The summed E-state index contributed by atoms with van der Waals surface area (Å²) in [7, 11) is 0. The number of piperidine rings is 1. The highest BCUT2D eigenvalue weighted by Crippen LogP contribution is 2.24. The Labute approximate surface area is 176 Å². The number of ether oxygens (including phenoxy) is 1. The van der Waals surface area contributed by atoms with Gasteiger partial charge in [0.2, 0.25) is 5.91 Å². The number of hydrogen-bond donors (Lipinski definition) is 0. The number of hydrogen-bond acceptors (Lipinski definition) is 4. The number of carbonyl (C=O) groups excluding carboxylic acids is 2. The van der Waals surface area contributed by atoms with Crippen LogP contribution in [-0.4, -0.2) is 46.3 Å². The molecule has 0 radical (unpaired) electrons. The lowest BCUT2D eigenvalue weighted by Gasteiger charge is -2.31. The number of esters is 1. The minimum absolute atomic E-state index is 0.0694. The molecule has 6 nitrogen and oxygen atoms in total. The average molecular weight is 418 g/mol. The van der Waals surface area contributed by atoms with E-state index in [4.69, 9.17) is 16.3 Å². The number of aryl methyl sites for hydroxylation is 2. The lowest BCUT2D eigenvalue weighted by atomic mass is 9.96. The highest BCUT2D eigenvalue weighted by atomic mass is 35.5. The van der Waals surface area contributed by atoms with Gasteiger partial charge in [-0.25, -0.2) is 4.68 Å². The lowest BCUT2D eigenvalue weighted by molar-refractivity contribution is -0.151. The van der Waals surface area contributed by atoms with Gasteiger partial charge in [0.1, 0.15) is 0 Å². The van der Waals surface area contributed by atoms with E-state index in [0.717, 1.165) is 28.2 Å². The second-order valence-electron chi connectivity index (χ2n) is 7.58. The van der Waals surface area contributed by atoms with Crippen LogP contribution in [0.1, 0.15) is 42.3 Å². The second kappa shape index (κ2) is 8.99. The van der Waals surface area contributed by atoms with E-state index in [2.05, 4.69) is 5.10 Å². The van der Waals surface area contributed by atoms with Crippen molar-refractivity contribution in [2.75, 3.05) is 19.7 Å². The van der Waals surface area contributed by atoms with E-state index in [1.54, 1.807) is 0 Å². The van der Waals surface area contributed by atoms with Gasteiger partial charge >= 0.3 is 5.97 Å². The molecule has 1 amide bonds. The summed E-state index contributed by atoms with van der Waals surface area (Å²) in [5.41, 5.74) is 4.62. The minimum atomic E-state index is -0.149. The maximum atomic E-state index is 12.9. The van der Waals surface area contributed by atoms with Crippen molar-refractivity contribution in [2.45, 2.75) is 47.0 Å². The van der Waals surface area contributed by atoms with Crippen LogP contribution in [0.5, 0.6) is 0 Å². The quantitative estimate of drug-likeness (QED) is 0.694. The Morgan fingerprint density at radius 1 is 1.21 bits per heavy atom. The van der Waals surface area contributed by atoms with Gasteiger partial charge in [-0.05, 0) is 58.2 Å². The topological polar surface area (TPSA) is 64.4 Å². The molecular weight excluding hydrogens is 390 g/mol. The van der Waals surface area contributed by atoms with E-state index in [1.165, 1.54) is 0 Å². The third kappa shape index (κ3) is 4.64. The van der Waals surface area contributed by atoms with Gasteiger partial charge in [-0.3, -0.25) is 9.59 Å². The fourth-order valence-corrected chi connectivity index (χ4v) is 3.96. The number of carbonyl (C=O) groups is 2. The molecule has 0 unspecified atom stereocenters. The number of nitrogens with zero attached hydrogens (tertiary/aromatic N) is 3. The van der Waals surface area contributed by atoms with Crippen LogP contribution in [0.4, 0.5) is 0 Å². The van der Waals surface area contributed by atoms with Crippen LogP contribution in [0.3, 0.4) is 0 Å². The summed E-state index contributed by atoms with van der Waals surface area (Å²) in [6.07, 6.45) is 1.62. The molecule has 1 saturated heterocycles. The van der Waals surface area contributed by atoms with Crippen molar-refractivity contribution >= 4 is 23.5 Å². The number of benzene rings is 1. The van der Waals surface area contributed by atoms with E-state index >= 15 is 0 Å². The van der Waals surface area contributed by atoms with Gasteiger partial charge in [-0.1, -0.05) is 17.7 Å². The number of amides is 1. The fourth-order valence-electron chi connectivity index (χ4n) is 3.78. The van der Waals surface area contributed by atoms with Crippen LogP contribution < -0.4 is 0 Å². The molecule has 0 aliphatic carbocycles. The maximum absolute atomic E-state index is 12.9. The molecule has 1 aliphatic rings. The monoisotopic (exact) mass is 417 g/mol. The zero-order valence-electron chi connectivity index (χ0n) is 17.5. The van der Waals surface area contributed by atoms with E-state index < -0.39 is 0 Å². The van der Waals surface area contributed by atoms with Crippen molar-refractivity contribution in [3.05, 3.63) is 45.7 Å². The van der Waals surface area contributed by atoms with E-state index in [9.17, 15) is 9.59 Å². The predicted octanol–water partition coefficient (Wildman–Crippen LogP) is 3.80. The Balaban J connectivity index is 1.69. The first-order valence-corrected chi connectivity index (χ1v) is 10.5. The molecular formula is C22H28ClN3O3. The number of rotatable bonds is 5. The molecule has 1 aliphatic heterocycles. The molecule has 156 valence electrons. The van der Waals surface area contributed by atoms with Gasteiger partial charge in [0.15, 0.2) is 0 Å². The van der Waals surface area contributed by atoms with Gasteiger partial charge in [0, 0.05) is 29.4 Å². The van der Waals surface area contributed by atoms with Crippen LogP contribution in [0.25, 0.3) is 5.69 Å². The minimum Gasteiger partial charge on any atom is -0.466 e. The Hall–Kier alpha value is -2.34. The van der Waals surface area contributed by atoms with Crippen molar-refractivity contribution in [3.63, 3.8) is 0 Å². The van der Waals surface area contributed by atoms with E-state index in [0.29, 0.717) is 44.0 Å². The second-order valence-corrected chi connectivity index (χ2v) is 7.99. The Morgan fingerprint density at radius 2 is 1.90 bits per heavy atom. The molecule has 0 spiro atoms. The van der Waals surface area contributed by atoms with Gasteiger partial charge < -0.3 is 9.64 Å². The maximum Gasteiger partial charge on any atom is 0.309 e. The summed E-state index contributed by atoms with van der Waals surface area (Å²) in [4.78, 5) is 26.6. The van der Waals surface area contributed by atoms with Crippen molar-refractivity contribution in [1.82, 2.24) is 14.7 Å². The predicted molar refractivity (Wildman–Crippen MR) is 112 cm³/mol. The van der Waals surface area contributed by atoms with Crippen LogP contribution in [0.15, 0.2) is 18.2 Å². The first kappa shape index (κ1) is 21.4. The number of halogens is 1. The van der Waals surface area contributed by atoms with Gasteiger partial charge in [-0.15, -0.1) is 0 Å². The Bertz CT molecular complexity index is 914. The largest absolute Gasteiger partial charge is 0.466 e. The van der Waals surface area contributed by atoms with Crippen LogP contribution in [-0.2, 0) is 20.7 Å². The van der Waals surface area contributed by atoms with Gasteiger partial charge in [0.25, 0.3) is 0 Å². The molecule has 2 heterocycles. The van der Waals surface area contributed by atoms with Crippen LogP contribution in [0, 0.1) is 26.7 Å². The molecule has 0 N–H and O–H groups in total. The van der Waals surface area contributed by atoms with E-state index in [-0.39, 0.29) is 17.8 Å². The highest BCUT2D eigenvalue weighted by molar-refractivity contribution is 6.31. The summed E-state index contributed by atoms with van der Waals surface area (Å²) in [5, 5.41) is 5.32. The third-order valence-corrected chi connectivity index (χ3v) is 6.04. The molecule has 1 fully saturated rings. The van der Waals surface area contributed by atoms with Gasteiger partial charge in [-0.2, -0.15) is 5.10 Å². The first-order chi connectivity index (χ1) is 13.8. The molecule has 1 aromatic heterocycles. The molecule has 0 bridgehead atoms. The molecule has 0 saturated carbocycles. The SMILES string of the molecule is CCOC(=O)C1CCN(C(=O)Cc2c(C)nn(-c3ccc(C)c(Cl)c3)c2C)CC1. The Morgan fingerprint density at radius 3 is 2.52 bits per heavy atom. The van der Waals surface area contributed by atoms with E-state index in [1.807, 2.05) is 55.5 Å². The molecule has 1 aromatic carbocycles. The normalized spacial score (nSPS) is 14.9.